The minimum Gasteiger partial charge on any atom is -0.496 e. The van der Waals surface area contributed by atoms with Crippen LogP contribution in [0, 0.1) is 0 Å². The second kappa shape index (κ2) is 6.53. The third-order valence-electron chi connectivity index (χ3n) is 2.09. The van der Waals surface area contributed by atoms with Crippen LogP contribution in [0.2, 0.25) is 0 Å². The monoisotopic (exact) mass is 224 g/mol. The second-order valence-electron chi connectivity index (χ2n) is 3.14. The van der Waals surface area contributed by atoms with Crippen LogP contribution in [0.25, 0.3) is 6.08 Å². The molecule has 0 aromatic heterocycles. The van der Waals surface area contributed by atoms with E-state index in [0.717, 1.165) is 29.1 Å². The minimum atomic E-state index is 0.00378. The molecule has 2 nitrogen and oxygen atoms in total. The highest BCUT2D eigenvalue weighted by molar-refractivity contribution is 7.80. The van der Waals surface area contributed by atoms with E-state index in [1.54, 1.807) is 7.11 Å². The zero-order chi connectivity index (χ0) is 11.1. The van der Waals surface area contributed by atoms with Gasteiger partial charge in [0.2, 0.25) is 0 Å². The zero-order valence-corrected chi connectivity index (χ0v) is 9.71. The first-order valence-electron chi connectivity index (χ1n) is 4.87. The molecule has 0 heterocycles. The van der Waals surface area contributed by atoms with Gasteiger partial charge in [-0.2, -0.15) is 12.6 Å². The summed E-state index contributed by atoms with van der Waals surface area (Å²) in [7, 11) is 1.61. The lowest BCUT2D eigenvalue weighted by Crippen LogP contribution is -1.91. The predicted octanol–water partition coefficient (Wildman–Crippen LogP) is 2.52. The first kappa shape index (κ1) is 12.1. The van der Waals surface area contributed by atoms with Crippen molar-refractivity contribution in [1.82, 2.24) is 0 Å². The van der Waals surface area contributed by atoms with Crippen molar-refractivity contribution in [2.45, 2.75) is 13.0 Å². The lowest BCUT2D eigenvalue weighted by molar-refractivity contribution is 0.274. The third kappa shape index (κ3) is 3.61. The van der Waals surface area contributed by atoms with Gasteiger partial charge in [0.05, 0.1) is 13.7 Å². The van der Waals surface area contributed by atoms with Gasteiger partial charge in [0.25, 0.3) is 0 Å². The van der Waals surface area contributed by atoms with Crippen molar-refractivity contribution in [3.63, 3.8) is 0 Å². The number of methoxy groups -OCH3 is 1. The van der Waals surface area contributed by atoms with Gasteiger partial charge < -0.3 is 9.84 Å². The molecule has 0 saturated carbocycles. The topological polar surface area (TPSA) is 29.5 Å². The van der Waals surface area contributed by atoms with E-state index in [4.69, 9.17) is 9.84 Å². The van der Waals surface area contributed by atoms with Crippen molar-refractivity contribution < 1.29 is 9.84 Å². The first-order valence-corrected chi connectivity index (χ1v) is 5.50. The van der Waals surface area contributed by atoms with Crippen molar-refractivity contribution >= 4 is 18.7 Å². The van der Waals surface area contributed by atoms with Crippen molar-refractivity contribution in [2.75, 3.05) is 12.9 Å². The maximum Gasteiger partial charge on any atom is 0.124 e. The fourth-order valence-electron chi connectivity index (χ4n) is 1.29. The van der Waals surface area contributed by atoms with E-state index >= 15 is 0 Å². The molecule has 0 aliphatic carbocycles. The summed E-state index contributed by atoms with van der Waals surface area (Å²) >= 11 is 4.13. The summed E-state index contributed by atoms with van der Waals surface area (Å²) in [6.07, 6.45) is 5.05. The lowest BCUT2D eigenvalue weighted by Gasteiger charge is -2.06. The van der Waals surface area contributed by atoms with Crippen LogP contribution in [-0.2, 0) is 6.61 Å². The van der Waals surface area contributed by atoms with Gasteiger partial charge in [-0.15, -0.1) is 0 Å². The molecule has 0 spiro atoms. The molecule has 82 valence electrons. The van der Waals surface area contributed by atoms with E-state index in [-0.39, 0.29) is 6.61 Å². The van der Waals surface area contributed by atoms with Crippen LogP contribution in [0.15, 0.2) is 24.3 Å². The number of rotatable bonds is 5. The van der Waals surface area contributed by atoms with E-state index in [9.17, 15) is 0 Å². The molecule has 0 aliphatic heterocycles. The van der Waals surface area contributed by atoms with Gasteiger partial charge in [-0.25, -0.2) is 0 Å². The van der Waals surface area contributed by atoms with Crippen LogP contribution in [0.3, 0.4) is 0 Å². The third-order valence-corrected chi connectivity index (χ3v) is 2.35. The van der Waals surface area contributed by atoms with Crippen LogP contribution < -0.4 is 4.74 Å². The quantitative estimate of drug-likeness (QED) is 0.753. The van der Waals surface area contributed by atoms with Gasteiger partial charge in [0.15, 0.2) is 0 Å². The summed E-state index contributed by atoms with van der Waals surface area (Å²) in [6.45, 7) is 0.00378. The van der Waals surface area contributed by atoms with Crippen LogP contribution in [0.5, 0.6) is 5.75 Å². The molecular weight excluding hydrogens is 208 g/mol. The van der Waals surface area contributed by atoms with Gasteiger partial charge in [0, 0.05) is 5.56 Å². The van der Waals surface area contributed by atoms with Crippen molar-refractivity contribution in [2.24, 2.45) is 0 Å². The Balaban J connectivity index is 2.83. The molecule has 1 aromatic rings. The van der Waals surface area contributed by atoms with Crippen molar-refractivity contribution in [1.29, 1.82) is 0 Å². The van der Waals surface area contributed by atoms with Gasteiger partial charge >= 0.3 is 0 Å². The SMILES string of the molecule is COc1cc(C=CCCS)ccc1CO. The highest BCUT2D eigenvalue weighted by atomic mass is 32.1. The standard InChI is InChI=1S/C12H16O2S/c1-14-12-8-10(4-2-3-7-15)5-6-11(12)9-13/h2,4-6,8,13,15H,3,7,9H2,1H3. The second-order valence-corrected chi connectivity index (χ2v) is 3.59. The normalized spacial score (nSPS) is 10.9. The number of thiol groups is 1. The molecule has 0 saturated heterocycles. The summed E-state index contributed by atoms with van der Waals surface area (Å²) in [5.41, 5.74) is 1.88. The fraction of sp³-hybridized carbons (Fsp3) is 0.333. The highest BCUT2D eigenvalue weighted by Gasteiger charge is 2.01. The Labute approximate surface area is 96.0 Å². The summed E-state index contributed by atoms with van der Waals surface area (Å²) in [5.74, 6) is 1.58. The Morgan fingerprint density at radius 1 is 1.47 bits per heavy atom. The zero-order valence-electron chi connectivity index (χ0n) is 8.81. The maximum absolute atomic E-state index is 9.05. The smallest absolute Gasteiger partial charge is 0.124 e. The molecule has 0 fully saturated rings. The first-order chi connectivity index (χ1) is 7.31. The van der Waals surface area contributed by atoms with Crippen LogP contribution in [-0.4, -0.2) is 18.0 Å². The van der Waals surface area contributed by atoms with E-state index in [1.807, 2.05) is 24.3 Å². The van der Waals surface area contributed by atoms with Crippen LogP contribution in [0.4, 0.5) is 0 Å². The highest BCUT2D eigenvalue weighted by Crippen LogP contribution is 2.20. The summed E-state index contributed by atoms with van der Waals surface area (Å²) < 4.78 is 5.17. The molecule has 0 radical (unpaired) electrons. The number of aliphatic hydroxyl groups is 1. The van der Waals surface area contributed by atoms with E-state index in [1.165, 1.54) is 0 Å². The molecule has 0 unspecified atom stereocenters. The Morgan fingerprint density at radius 3 is 2.87 bits per heavy atom. The number of benzene rings is 1. The Morgan fingerprint density at radius 2 is 2.27 bits per heavy atom. The lowest BCUT2D eigenvalue weighted by atomic mass is 10.1. The minimum absolute atomic E-state index is 0.00378. The van der Waals surface area contributed by atoms with Crippen molar-refractivity contribution in [3.05, 3.63) is 35.4 Å². The van der Waals surface area contributed by atoms with Crippen LogP contribution >= 0.6 is 12.6 Å². The number of allylic oxidation sites excluding steroid dienone is 1. The predicted molar refractivity (Wildman–Crippen MR) is 66.4 cm³/mol. The molecule has 15 heavy (non-hydrogen) atoms. The number of hydrogen-bond acceptors (Lipinski definition) is 3. The molecule has 1 rings (SSSR count). The Bertz CT molecular complexity index is 334. The molecule has 0 bridgehead atoms. The van der Waals surface area contributed by atoms with E-state index in [2.05, 4.69) is 18.7 Å². The molecule has 3 heteroatoms. The van der Waals surface area contributed by atoms with Gasteiger partial charge in [-0.1, -0.05) is 24.3 Å². The Hall–Kier alpha value is -0.930. The largest absolute Gasteiger partial charge is 0.496 e. The van der Waals surface area contributed by atoms with E-state index < -0.39 is 0 Å². The van der Waals surface area contributed by atoms with Crippen molar-refractivity contribution in [3.8, 4) is 5.75 Å². The van der Waals surface area contributed by atoms with Gasteiger partial charge in [0.1, 0.15) is 5.75 Å². The van der Waals surface area contributed by atoms with Gasteiger partial charge in [-0.3, -0.25) is 0 Å². The summed E-state index contributed by atoms with van der Waals surface area (Å²) in [6, 6.07) is 5.75. The molecule has 1 aromatic carbocycles. The molecule has 1 N–H and O–H groups in total. The number of ether oxygens (including phenoxy) is 1. The Kier molecular flexibility index (Phi) is 5.29. The van der Waals surface area contributed by atoms with Crippen LogP contribution in [0.1, 0.15) is 17.5 Å². The number of hydrogen-bond donors (Lipinski definition) is 2. The molecule has 0 aliphatic rings. The average molecular weight is 224 g/mol. The molecule has 0 atom stereocenters. The molecular formula is C12H16O2S. The van der Waals surface area contributed by atoms with Gasteiger partial charge in [-0.05, 0) is 23.8 Å². The number of aliphatic hydroxyl groups excluding tert-OH is 1. The average Bonchev–Trinajstić information content (AvgIpc) is 2.29. The van der Waals surface area contributed by atoms with E-state index in [0.29, 0.717) is 0 Å². The summed E-state index contributed by atoms with van der Waals surface area (Å²) in [5, 5.41) is 9.05. The maximum atomic E-state index is 9.05. The fourth-order valence-corrected chi connectivity index (χ4v) is 1.44. The summed E-state index contributed by atoms with van der Waals surface area (Å²) in [4.78, 5) is 0. The molecule has 0 amide bonds.